The van der Waals surface area contributed by atoms with Crippen LogP contribution in [-0.4, -0.2) is 30.6 Å². The lowest BCUT2D eigenvalue weighted by atomic mass is 9.91. The van der Waals surface area contributed by atoms with Gasteiger partial charge in [0.05, 0.1) is 0 Å². The lowest BCUT2D eigenvalue weighted by molar-refractivity contribution is 0.0941. The number of carbonyl (C=O) groups excluding carboxylic acids is 1. The van der Waals surface area contributed by atoms with Gasteiger partial charge in [0.2, 0.25) is 0 Å². The molecule has 1 rings (SSSR count). The molecular formula is C16H25ClN2O2. The third kappa shape index (κ3) is 6.44. The smallest absolute Gasteiger partial charge is 0.251 e. The first kappa shape index (κ1) is 17.9. The minimum absolute atomic E-state index is 0.125. The Balaban J connectivity index is 2.56. The van der Waals surface area contributed by atoms with E-state index in [0.717, 1.165) is 25.1 Å². The number of rotatable bonds is 7. The molecule has 0 saturated heterocycles. The molecule has 0 unspecified atom stereocenters. The van der Waals surface area contributed by atoms with Crippen molar-refractivity contribution in [2.24, 2.45) is 0 Å². The molecule has 0 aromatic carbocycles. The number of carbonyl (C=O) groups is 1. The molecule has 0 aliphatic carbocycles. The van der Waals surface area contributed by atoms with E-state index in [1.807, 2.05) is 20.8 Å². The largest absolute Gasteiger partial charge is 0.381 e. The molecule has 0 radical (unpaired) electrons. The summed E-state index contributed by atoms with van der Waals surface area (Å²) in [6.07, 6.45) is 1.81. The van der Waals surface area contributed by atoms with Crippen molar-refractivity contribution in [1.82, 2.24) is 10.3 Å². The Morgan fingerprint density at radius 2 is 2.05 bits per heavy atom. The molecule has 1 N–H and O–H groups in total. The van der Waals surface area contributed by atoms with Gasteiger partial charge in [-0.2, -0.15) is 0 Å². The van der Waals surface area contributed by atoms with Crippen molar-refractivity contribution in [3.05, 3.63) is 28.5 Å². The Morgan fingerprint density at radius 1 is 1.33 bits per heavy atom. The fourth-order valence-corrected chi connectivity index (χ4v) is 1.95. The number of ether oxygens (including phenoxy) is 1. The van der Waals surface area contributed by atoms with Gasteiger partial charge in [-0.05, 0) is 25.0 Å². The minimum atomic E-state index is -0.145. The van der Waals surface area contributed by atoms with Crippen LogP contribution in [0.1, 0.15) is 56.6 Å². The molecule has 1 aromatic heterocycles. The molecule has 0 fully saturated rings. The Kier molecular flexibility index (Phi) is 7.12. The maximum atomic E-state index is 12.1. The van der Waals surface area contributed by atoms with Crippen molar-refractivity contribution in [1.29, 1.82) is 0 Å². The van der Waals surface area contributed by atoms with Gasteiger partial charge in [-0.25, -0.2) is 4.98 Å². The average molecular weight is 313 g/mol. The molecule has 1 aromatic rings. The molecule has 4 nitrogen and oxygen atoms in total. The van der Waals surface area contributed by atoms with Crippen molar-refractivity contribution < 1.29 is 9.53 Å². The van der Waals surface area contributed by atoms with Crippen molar-refractivity contribution in [2.45, 2.75) is 46.0 Å². The van der Waals surface area contributed by atoms with E-state index in [1.165, 1.54) is 0 Å². The fourth-order valence-electron chi connectivity index (χ4n) is 1.74. The fraction of sp³-hybridized carbons (Fsp3) is 0.625. The van der Waals surface area contributed by atoms with Crippen LogP contribution in [0, 0.1) is 0 Å². The first-order chi connectivity index (χ1) is 9.84. The zero-order valence-electron chi connectivity index (χ0n) is 13.3. The van der Waals surface area contributed by atoms with E-state index in [4.69, 9.17) is 16.3 Å². The molecule has 21 heavy (non-hydrogen) atoms. The predicted molar refractivity (Wildman–Crippen MR) is 86.0 cm³/mol. The second kappa shape index (κ2) is 8.35. The highest BCUT2D eigenvalue weighted by Crippen LogP contribution is 2.23. The summed E-state index contributed by atoms with van der Waals surface area (Å²) in [5, 5.41) is 3.22. The summed E-state index contributed by atoms with van der Waals surface area (Å²) >= 11 is 6.01. The number of pyridine rings is 1. The molecule has 1 amide bonds. The molecule has 5 heteroatoms. The Labute approximate surface area is 132 Å². The van der Waals surface area contributed by atoms with Crippen molar-refractivity contribution in [3.63, 3.8) is 0 Å². The summed E-state index contributed by atoms with van der Waals surface area (Å²) < 4.78 is 5.37. The third-order valence-corrected chi connectivity index (χ3v) is 3.12. The maximum Gasteiger partial charge on any atom is 0.251 e. The van der Waals surface area contributed by atoms with Gasteiger partial charge in [0, 0.05) is 36.4 Å². The van der Waals surface area contributed by atoms with Crippen LogP contribution < -0.4 is 5.32 Å². The van der Waals surface area contributed by atoms with Gasteiger partial charge in [0.1, 0.15) is 5.15 Å². The predicted octanol–water partition coefficient (Wildman–Crippen LogP) is 3.58. The van der Waals surface area contributed by atoms with E-state index in [-0.39, 0.29) is 11.3 Å². The quantitative estimate of drug-likeness (QED) is 0.618. The van der Waals surface area contributed by atoms with Crippen LogP contribution in [0.4, 0.5) is 0 Å². The third-order valence-electron chi connectivity index (χ3n) is 2.92. The Hall–Kier alpha value is -1.13. The van der Waals surface area contributed by atoms with Gasteiger partial charge in [-0.15, -0.1) is 0 Å². The monoisotopic (exact) mass is 312 g/mol. The lowest BCUT2D eigenvalue weighted by Gasteiger charge is -2.18. The Bertz CT molecular complexity index is 470. The summed E-state index contributed by atoms with van der Waals surface area (Å²) in [6.45, 7) is 10.2. The Morgan fingerprint density at radius 3 is 2.67 bits per heavy atom. The van der Waals surface area contributed by atoms with Gasteiger partial charge in [0.25, 0.3) is 5.91 Å². The summed E-state index contributed by atoms with van der Waals surface area (Å²) in [7, 11) is 0. The van der Waals surface area contributed by atoms with Crippen LogP contribution in [0.3, 0.4) is 0 Å². The van der Waals surface area contributed by atoms with Crippen molar-refractivity contribution >= 4 is 17.5 Å². The zero-order valence-corrected chi connectivity index (χ0v) is 14.1. The van der Waals surface area contributed by atoms with Gasteiger partial charge in [0.15, 0.2) is 0 Å². The lowest BCUT2D eigenvalue weighted by Crippen LogP contribution is -2.26. The van der Waals surface area contributed by atoms with E-state index >= 15 is 0 Å². The van der Waals surface area contributed by atoms with Gasteiger partial charge in [-0.1, -0.05) is 39.3 Å². The van der Waals surface area contributed by atoms with Gasteiger partial charge < -0.3 is 10.1 Å². The highest BCUT2D eigenvalue weighted by molar-refractivity contribution is 6.29. The van der Waals surface area contributed by atoms with Gasteiger partial charge >= 0.3 is 0 Å². The molecule has 0 aliphatic heterocycles. The number of nitrogens with one attached hydrogen (secondary N) is 1. The van der Waals surface area contributed by atoms with Crippen molar-refractivity contribution in [3.8, 4) is 0 Å². The van der Waals surface area contributed by atoms with Gasteiger partial charge in [-0.3, -0.25) is 4.79 Å². The number of hydrogen-bond donors (Lipinski definition) is 1. The second-order valence-electron chi connectivity index (χ2n) is 6.04. The van der Waals surface area contributed by atoms with E-state index in [1.54, 1.807) is 12.1 Å². The molecule has 0 atom stereocenters. The summed E-state index contributed by atoms with van der Waals surface area (Å²) in [4.78, 5) is 16.4. The summed E-state index contributed by atoms with van der Waals surface area (Å²) in [5.41, 5.74) is 1.22. The number of hydrogen-bond acceptors (Lipinski definition) is 3. The first-order valence-electron chi connectivity index (χ1n) is 7.38. The molecule has 118 valence electrons. The zero-order chi connectivity index (χ0) is 15.9. The normalized spacial score (nSPS) is 11.5. The van der Waals surface area contributed by atoms with E-state index in [2.05, 4.69) is 17.2 Å². The topological polar surface area (TPSA) is 51.2 Å². The number of nitrogens with zero attached hydrogens (tertiary/aromatic N) is 1. The molecular weight excluding hydrogens is 288 g/mol. The average Bonchev–Trinajstić information content (AvgIpc) is 2.40. The van der Waals surface area contributed by atoms with Crippen LogP contribution in [0.15, 0.2) is 12.1 Å². The highest BCUT2D eigenvalue weighted by atomic mass is 35.5. The highest BCUT2D eigenvalue weighted by Gasteiger charge is 2.18. The van der Waals surface area contributed by atoms with Crippen molar-refractivity contribution in [2.75, 3.05) is 19.8 Å². The summed E-state index contributed by atoms with van der Waals surface area (Å²) in [6, 6.07) is 3.40. The number of aromatic nitrogens is 1. The molecule has 0 bridgehead atoms. The van der Waals surface area contributed by atoms with Crippen LogP contribution in [-0.2, 0) is 10.2 Å². The number of amides is 1. The standard InChI is InChI=1S/C16H25ClN2O2/c1-5-8-21-9-6-7-18-15(20)12-10-13(16(2,3)4)19-14(17)11-12/h10-11H,5-9H2,1-4H3,(H,18,20). The molecule has 1 heterocycles. The SMILES string of the molecule is CCCOCCCNC(=O)c1cc(Cl)nc(C(C)(C)C)c1. The van der Waals surface area contributed by atoms with Crippen LogP contribution in [0.5, 0.6) is 0 Å². The number of halogens is 1. The first-order valence-corrected chi connectivity index (χ1v) is 7.76. The second-order valence-corrected chi connectivity index (χ2v) is 6.42. The molecule has 0 saturated carbocycles. The molecule has 0 spiro atoms. The van der Waals surface area contributed by atoms with Crippen LogP contribution >= 0.6 is 11.6 Å². The van der Waals surface area contributed by atoms with Crippen LogP contribution in [0.25, 0.3) is 0 Å². The molecule has 0 aliphatic rings. The van der Waals surface area contributed by atoms with E-state index < -0.39 is 0 Å². The maximum absolute atomic E-state index is 12.1. The van der Waals surface area contributed by atoms with Crippen LogP contribution in [0.2, 0.25) is 5.15 Å². The minimum Gasteiger partial charge on any atom is -0.381 e. The van der Waals surface area contributed by atoms with E-state index in [9.17, 15) is 4.79 Å². The summed E-state index contributed by atoms with van der Waals surface area (Å²) in [5.74, 6) is -0.125. The van der Waals surface area contributed by atoms with E-state index in [0.29, 0.717) is 23.9 Å².